The molecule has 0 bridgehead atoms. The molecule has 6 nitrogen and oxygen atoms in total. The second-order valence-electron chi connectivity index (χ2n) is 4.17. The second-order valence-corrected chi connectivity index (χ2v) is 6.22. The quantitative estimate of drug-likeness (QED) is 0.605. The smallest absolute Gasteiger partial charge is 0.237 e. The van der Waals surface area contributed by atoms with E-state index < -0.39 is 10.0 Å². The summed E-state index contributed by atoms with van der Waals surface area (Å²) in [5, 5.41) is 5.82. The molecule has 1 rings (SSSR count). The van der Waals surface area contributed by atoms with Crippen LogP contribution < -0.4 is 15.4 Å². The molecule has 0 saturated carbocycles. The topological polar surface area (TPSA) is 87.3 Å². The number of amides is 1. The molecule has 1 aliphatic rings. The first-order valence-corrected chi connectivity index (χ1v) is 7.63. The normalized spacial score (nSPS) is 21.8. The Morgan fingerprint density at radius 3 is 2.82 bits per heavy atom. The molecule has 0 aromatic heterocycles. The van der Waals surface area contributed by atoms with E-state index in [4.69, 9.17) is 0 Å². The van der Waals surface area contributed by atoms with Crippen molar-refractivity contribution < 1.29 is 13.2 Å². The lowest BCUT2D eigenvalue weighted by Crippen LogP contribution is -2.45. The summed E-state index contributed by atoms with van der Waals surface area (Å²) >= 11 is 0. The van der Waals surface area contributed by atoms with Crippen molar-refractivity contribution in [3.05, 3.63) is 0 Å². The van der Waals surface area contributed by atoms with Gasteiger partial charge in [0.2, 0.25) is 15.9 Å². The van der Waals surface area contributed by atoms with Gasteiger partial charge in [0.1, 0.15) is 0 Å². The monoisotopic (exact) mass is 263 g/mol. The number of carbonyl (C=O) groups excluding carboxylic acids is 1. The Bertz CT molecular complexity index is 335. The SMILES string of the molecule is CNS(=O)(=O)CCNC(=O)C1CCCCCN1. The number of nitrogens with one attached hydrogen (secondary N) is 3. The Labute approximate surface area is 103 Å². The summed E-state index contributed by atoms with van der Waals surface area (Å²) in [5.41, 5.74) is 0. The van der Waals surface area contributed by atoms with Crippen LogP contribution in [0.1, 0.15) is 25.7 Å². The van der Waals surface area contributed by atoms with Gasteiger partial charge in [-0.15, -0.1) is 0 Å². The molecule has 0 aliphatic carbocycles. The maximum atomic E-state index is 11.7. The van der Waals surface area contributed by atoms with Gasteiger partial charge in [0, 0.05) is 6.54 Å². The van der Waals surface area contributed by atoms with Crippen molar-refractivity contribution in [3.8, 4) is 0 Å². The van der Waals surface area contributed by atoms with E-state index in [9.17, 15) is 13.2 Å². The molecule has 0 aromatic carbocycles. The minimum absolute atomic E-state index is 0.0814. The maximum Gasteiger partial charge on any atom is 0.237 e. The van der Waals surface area contributed by atoms with Gasteiger partial charge >= 0.3 is 0 Å². The highest BCUT2D eigenvalue weighted by molar-refractivity contribution is 7.89. The average Bonchev–Trinajstić information content (AvgIpc) is 2.57. The van der Waals surface area contributed by atoms with Crippen LogP contribution in [0.4, 0.5) is 0 Å². The third kappa shape index (κ3) is 5.47. The fourth-order valence-electron chi connectivity index (χ4n) is 1.79. The molecule has 1 fully saturated rings. The summed E-state index contributed by atoms with van der Waals surface area (Å²) in [6.07, 6.45) is 4.10. The van der Waals surface area contributed by atoms with E-state index in [2.05, 4.69) is 15.4 Å². The van der Waals surface area contributed by atoms with E-state index in [0.717, 1.165) is 32.2 Å². The zero-order chi connectivity index (χ0) is 12.7. The first-order chi connectivity index (χ1) is 8.05. The largest absolute Gasteiger partial charge is 0.354 e. The fourth-order valence-corrected chi connectivity index (χ4v) is 2.36. The van der Waals surface area contributed by atoms with Crippen molar-refractivity contribution in [1.29, 1.82) is 0 Å². The first-order valence-electron chi connectivity index (χ1n) is 5.97. The molecular formula is C10H21N3O3S. The van der Waals surface area contributed by atoms with Gasteiger partial charge < -0.3 is 10.6 Å². The van der Waals surface area contributed by atoms with Crippen LogP contribution in [0.15, 0.2) is 0 Å². The van der Waals surface area contributed by atoms with Crippen LogP contribution in [0.5, 0.6) is 0 Å². The van der Waals surface area contributed by atoms with Crippen LogP contribution >= 0.6 is 0 Å². The lowest BCUT2D eigenvalue weighted by molar-refractivity contribution is -0.123. The number of hydrogen-bond donors (Lipinski definition) is 3. The molecule has 0 radical (unpaired) electrons. The van der Waals surface area contributed by atoms with Crippen molar-refractivity contribution in [1.82, 2.24) is 15.4 Å². The minimum atomic E-state index is -3.24. The Balaban J connectivity index is 2.29. The van der Waals surface area contributed by atoms with Gasteiger partial charge in [-0.25, -0.2) is 13.1 Å². The lowest BCUT2D eigenvalue weighted by Gasteiger charge is -2.15. The summed E-state index contributed by atoms with van der Waals surface area (Å²) in [7, 11) is -1.87. The average molecular weight is 263 g/mol. The van der Waals surface area contributed by atoms with E-state index in [0.29, 0.717) is 0 Å². The van der Waals surface area contributed by atoms with Crippen LogP contribution in [0, 0.1) is 0 Å². The van der Waals surface area contributed by atoms with Crippen molar-refractivity contribution in [2.75, 3.05) is 25.9 Å². The highest BCUT2D eigenvalue weighted by Gasteiger charge is 2.19. The number of sulfonamides is 1. The van der Waals surface area contributed by atoms with Crippen LogP contribution in [0.2, 0.25) is 0 Å². The molecule has 7 heteroatoms. The molecule has 1 amide bonds. The van der Waals surface area contributed by atoms with Gasteiger partial charge in [0.25, 0.3) is 0 Å². The minimum Gasteiger partial charge on any atom is -0.354 e. The molecule has 0 spiro atoms. The lowest BCUT2D eigenvalue weighted by atomic mass is 10.1. The third-order valence-corrected chi connectivity index (χ3v) is 4.22. The number of rotatable bonds is 5. The van der Waals surface area contributed by atoms with Crippen LogP contribution in [0.3, 0.4) is 0 Å². The zero-order valence-corrected chi connectivity index (χ0v) is 11.0. The number of hydrogen-bond acceptors (Lipinski definition) is 4. The van der Waals surface area contributed by atoms with E-state index in [1.807, 2.05) is 0 Å². The standard InChI is InChI=1S/C10H21N3O3S/c1-11-17(15,16)8-7-13-10(14)9-5-3-2-4-6-12-9/h9,11-12H,2-8H2,1H3,(H,13,14). The summed E-state index contributed by atoms with van der Waals surface area (Å²) in [5.74, 6) is -0.180. The Morgan fingerprint density at radius 2 is 2.12 bits per heavy atom. The summed E-state index contributed by atoms with van der Waals surface area (Å²) in [6, 6.07) is -0.171. The van der Waals surface area contributed by atoms with Crippen molar-refractivity contribution in [3.63, 3.8) is 0 Å². The van der Waals surface area contributed by atoms with E-state index >= 15 is 0 Å². The molecule has 17 heavy (non-hydrogen) atoms. The fraction of sp³-hybridized carbons (Fsp3) is 0.900. The van der Waals surface area contributed by atoms with Crippen molar-refractivity contribution >= 4 is 15.9 Å². The zero-order valence-electron chi connectivity index (χ0n) is 10.2. The van der Waals surface area contributed by atoms with E-state index in [-0.39, 0.29) is 24.2 Å². The molecule has 1 saturated heterocycles. The molecule has 1 aliphatic heterocycles. The molecule has 1 unspecified atom stereocenters. The van der Waals surface area contributed by atoms with Gasteiger partial charge in [-0.3, -0.25) is 4.79 Å². The van der Waals surface area contributed by atoms with Gasteiger partial charge in [-0.2, -0.15) is 0 Å². The third-order valence-electron chi connectivity index (χ3n) is 2.86. The molecule has 0 aromatic rings. The highest BCUT2D eigenvalue weighted by Crippen LogP contribution is 2.08. The summed E-state index contributed by atoms with van der Waals surface area (Å²) in [6.45, 7) is 1.01. The van der Waals surface area contributed by atoms with Crippen LogP contribution in [-0.2, 0) is 14.8 Å². The van der Waals surface area contributed by atoms with E-state index in [1.54, 1.807) is 0 Å². The highest BCUT2D eigenvalue weighted by atomic mass is 32.2. The molecule has 1 atom stereocenters. The van der Waals surface area contributed by atoms with Crippen LogP contribution in [-0.4, -0.2) is 46.3 Å². The van der Waals surface area contributed by atoms with E-state index in [1.165, 1.54) is 7.05 Å². The van der Waals surface area contributed by atoms with Crippen LogP contribution in [0.25, 0.3) is 0 Å². The number of carbonyl (C=O) groups is 1. The van der Waals surface area contributed by atoms with Crippen molar-refractivity contribution in [2.24, 2.45) is 0 Å². The first kappa shape index (κ1) is 14.4. The molecular weight excluding hydrogens is 242 g/mol. The molecule has 3 N–H and O–H groups in total. The Morgan fingerprint density at radius 1 is 1.35 bits per heavy atom. The van der Waals surface area contributed by atoms with Gasteiger partial charge in [-0.1, -0.05) is 12.8 Å². The maximum absolute atomic E-state index is 11.7. The summed E-state index contributed by atoms with van der Waals surface area (Å²) < 4.78 is 24.5. The van der Waals surface area contributed by atoms with Gasteiger partial charge in [-0.05, 0) is 26.4 Å². The Kier molecular flexibility index (Phi) is 5.87. The Hall–Kier alpha value is -0.660. The van der Waals surface area contributed by atoms with Gasteiger partial charge in [0.05, 0.1) is 11.8 Å². The molecule has 100 valence electrons. The summed E-state index contributed by atoms with van der Waals surface area (Å²) in [4.78, 5) is 11.7. The predicted molar refractivity (Wildman–Crippen MR) is 66.1 cm³/mol. The molecule has 1 heterocycles. The second kappa shape index (κ2) is 6.93. The van der Waals surface area contributed by atoms with Crippen molar-refractivity contribution in [2.45, 2.75) is 31.7 Å². The predicted octanol–water partition coefficient (Wildman–Crippen LogP) is -0.816. The van der Waals surface area contributed by atoms with Gasteiger partial charge in [0.15, 0.2) is 0 Å².